The number of nitrogens with zero attached hydrogens (tertiary/aromatic N) is 5. The lowest BCUT2D eigenvalue weighted by atomic mass is 9.99. The highest BCUT2D eigenvalue weighted by Gasteiger charge is 2.32. The molecule has 1 aromatic rings. The maximum atomic E-state index is 12.0. The predicted octanol–water partition coefficient (Wildman–Crippen LogP) is 0.0423. The molecule has 100 valence electrons. The Hall–Kier alpha value is -1.63. The summed E-state index contributed by atoms with van der Waals surface area (Å²) < 4.78 is 7.00. The fourth-order valence-electron chi connectivity index (χ4n) is 2.38. The van der Waals surface area contributed by atoms with Gasteiger partial charge in [-0.15, -0.1) is 5.10 Å². The first-order chi connectivity index (χ1) is 8.54. The quantitative estimate of drug-likeness (QED) is 0.746. The highest BCUT2D eigenvalue weighted by molar-refractivity contribution is 5.74. The summed E-state index contributed by atoms with van der Waals surface area (Å²) in [5, 5.41) is 8.15. The van der Waals surface area contributed by atoms with Crippen LogP contribution in [-0.2, 0) is 18.3 Å². The van der Waals surface area contributed by atoms with Gasteiger partial charge in [0, 0.05) is 40.7 Å². The molecule has 0 aliphatic carbocycles. The lowest BCUT2D eigenvalue weighted by molar-refractivity contribution is 0.128. The number of rotatable bonds is 2. The van der Waals surface area contributed by atoms with Crippen molar-refractivity contribution in [2.75, 3.05) is 34.4 Å². The number of hydrogen-bond donors (Lipinski definition) is 0. The number of aromatic nitrogens is 3. The molecule has 1 aliphatic rings. The van der Waals surface area contributed by atoms with Gasteiger partial charge in [0.25, 0.3) is 0 Å². The number of amides is 2. The van der Waals surface area contributed by atoms with Gasteiger partial charge in [-0.3, -0.25) is 4.68 Å². The lowest BCUT2D eigenvalue weighted by Gasteiger charge is -2.33. The van der Waals surface area contributed by atoms with E-state index in [2.05, 4.69) is 10.3 Å². The molecular formula is C11H19N5O2. The molecule has 1 atom stereocenters. The van der Waals surface area contributed by atoms with Crippen LogP contribution < -0.4 is 0 Å². The van der Waals surface area contributed by atoms with Gasteiger partial charge < -0.3 is 14.5 Å². The van der Waals surface area contributed by atoms with Crippen molar-refractivity contribution in [3.8, 4) is 0 Å². The molecule has 1 aliphatic heterocycles. The average molecular weight is 253 g/mol. The third kappa shape index (κ3) is 2.17. The van der Waals surface area contributed by atoms with Crippen molar-refractivity contribution in [1.82, 2.24) is 24.8 Å². The Balaban J connectivity index is 2.26. The first kappa shape index (κ1) is 12.8. The van der Waals surface area contributed by atoms with Gasteiger partial charge in [-0.1, -0.05) is 5.21 Å². The number of carbonyl (C=O) groups excluding carboxylic acids is 1. The average Bonchev–Trinajstić information content (AvgIpc) is 2.70. The maximum Gasteiger partial charge on any atom is 0.319 e. The first-order valence-electron chi connectivity index (χ1n) is 5.88. The molecule has 2 rings (SSSR count). The van der Waals surface area contributed by atoms with Crippen LogP contribution in [0.5, 0.6) is 0 Å². The normalized spacial score (nSPS) is 18.7. The molecule has 1 unspecified atom stereocenters. The van der Waals surface area contributed by atoms with Crippen LogP contribution >= 0.6 is 0 Å². The number of aryl methyl sites for hydroxylation is 1. The molecule has 1 aromatic heterocycles. The third-order valence-electron chi connectivity index (χ3n) is 3.13. The highest BCUT2D eigenvalue weighted by Crippen LogP contribution is 2.26. The second kappa shape index (κ2) is 4.93. The molecule has 0 bridgehead atoms. The molecule has 0 N–H and O–H groups in total. The van der Waals surface area contributed by atoms with Gasteiger partial charge in [0.1, 0.15) is 5.69 Å². The van der Waals surface area contributed by atoms with E-state index in [4.69, 9.17) is 4.74 Å². The summed E-state index contributed by atoms with van der Waals surface area (Å²) >= 11 is 0. The van der Waals surface area contributed by atoms with Crippen LogP contribution in [0.4, 0.5) is 4.79 Å². The minimum atomic E-state index is -0.00703. The Morgan fingerprint density at radius 3 is 2.89 bits per heavy atom. The Morgan fingerprint density at radius 1 is 1.56 bits per heavy atom. The fourth-order valence-corrected chi connectivity index (χ4v) is 2.38. The van der Waals surface area contributed by atoms with Crippen LogP contribution in [0.25, 0.3) is 0 Å². The maximum absolute atomic E-state index is 12.0. The summed E-state index contributed by atoms with van der Waals surface area (Å²) in [4.78, 5) is 15.4. The Labute approximate surface area is 106 Å². The number of carbonyl (C=O) groups is 1. The summed E-state index contributed by atoms with van der Waals surface area (Å²) in [6.07, 6.45) is 0. The minimum Gasteiger partial charge on any atom is -0.384 e. The van der Waals surface area contributed by atoms with Gasteiger partial charge in [0.05, 0.1) is 18.8 Å². The van der Waals surface area contributed by atoms with Crippen LogP contribution in [0.2, 0.25) is 0 Å². The molecule has 0 saturated carbocycles. The van der Waals surface area contributed by atoms with E-state index in [1.807, 2.05) is 7.05 Å². The molecule has 0 saturated heterocycles. The van der Waals surface area contributed by atoms with Gasteiger partial charge >= 0.3 is 6.03 Å². The Morgan fingerprint density at radius 2 is 2.28 bits per heavy atom. The topological polar surface area (TPSA) is 63.5 Å². The van der Waals surface area contributed by atoms with Crippen LogP contribution in [0.3, 0.4) is 0 Å². The van der Waals surface area contributed by atoms with Crippen LogP contribution in [0.1, 0.15) is 17.3 Å². The lowest BCUT2D eigenvalue weighted by Crippen LogP contribution is -2.44. The predicted molar refractivity (Wildman–Crippen MR) is 65.1 cm³/mol. The molecule has 7 heteroatoms. The van der Waals surface area contributed by atoms with Gasteiger partial charge in [-0.2, -0.15) is 0 Å². The van der Waals surface area contributed by atoms with Crippen LogP contribution in [-0.4, -0.2) is 65.2 Å². The number of hydrogen-bond acceptors (Lipinski definition) is 4. The monoisotopic (exact) mass is 253 g/mol. The molecule has 0 spiro atoms. The van der Waals surface area contributed by atoms with E-state index in [0.717, 1.165) is 11.4 Å². The summed E-state index contributed by atoms with van der Waals surface area (Å²) in [6.45, 7) is 1.71. The van der Waals surface area contributed by atoms with E-state index in [0.29, 0.717) is 19.7 Å². The number of fused-ring (bicyclic) bond motifs is 1. The molecular weight excluding hydrogens is 234 g/mol. The zero-order chi connectivity index (χ0) is 13.3. The van der Waals surface area contributed by atoms with Crippen molar-refractivity contribution < 1.29 is 9.53 Å². The van der Waals surface area contributed by atoms with Crippen molar-refractivity contribution in [1.29, 1.82) is 0 Å². The van der Waals surface area contributed by atoms with Crippen molar-refractivity contribution in [3.05, 3.63) is 11.4 Å². The molecule has 0 fully saturated rings. The fraction of sp³-hybridized carbons (Fsp3) is 0.727. The Bertz CT molecular complexity index is 443. The van der Waals surface area contributed by atoms with Gasteiger partial charge in [-0.25, -0.2) is 4.79 Å². The SMILES string of the molecule is COCC1CN(C(=O)N(C)C)Cc2nnn(C)c21. The second-order valence-electron chi connectivity index (χ2n) is 4.75. The zero-order valence-corrected chi connectivity index (χ0v) is 11.3. The zero-order valence-electron chi connectivity index (χ0n) is 11.3. The third-order valence-corrected chi connectivity index (χ3v) is 3.13. The van der Waals surface area contributed by atoms with E-state index in [1.54, 1.807) is 35.7 Å². The highest BCUT2D eigenvalue weighted by atomic mass is 16.5. The molecule has 0 radical (unpaired) electrons. The largest absolute Gasteiger partial charge is 0.384 e. The van der Waals surface area contributed by atoms with Crippen molar-refractivity contribution in [2.45, 2.75) is 12.5 Å². The first-order valence-corrected chi connectivity index (χ1v) is 5.88. The molecule has 2 heterocycles. The van der Waals surface area contributed by atoms with Crippen molar-refractivity contribution >= 4 is 6.03 Å². The summed E-state index contributed by atoms with van der Waals surface area (Å²) in [7, 11) is 7.04. The van der Waals surface area contributed by atoms with E-state index < -0.39 is 0 Å². The Kier molecular flexibility index (Phi) is 3.51. The number of ether oxygens (including phenoxy) is 1. The van der Waals surface area contributed by atoms with E-state index >= 15 is 0 Å². The summed E-state index contributed by atoms with van der Waals surface area (Å²) in [5.74, 6) is 0.127. The molecule has 18 heavy (non-hydrogen) atoms. The summed E-state index contributed by atoms with van der Waals surface area (Å²) in [5.41, 5.74) is 1.93. The van der Waals surface area contributed by atoms with E-state index in [1.165, 1.54) is 0 Å². The molecule has 7 nitrogen and oxygen atoms in total. The van der Waals surface area contributed by atoms with Gasteiger partial charge in [-0.05, 0) is 0 Å². The standard InChI is InChI=1S/C11H19N5O2/c1-14(2)11(17)16-5-8(7-18-4)10-9(6-16)12-13-15(10)3/h8H,5-7H2,1-4H3. The number of methoxy groups -OCH3 is 1. The van der Waals surface area contributed by atoms with Crippen molar-refractivity contribution in [3.63, 3.8) is 0 Å². The summed E-state index contributed by atoms with van der Waals surface area (Å²) in [6, 6.07) is -0.00703. The van der Waals surface area contributed by atoms with E-state index in [-0.39, 0.29) is 11.9 Å². The smallest absolute Gasteiger partial charge is 0.319 e. The molecule has 0 aromatic carbocycles. The second-order valence-corrected chi connectivity index (χ2v) is 4.75. The van der Waals surface area contributed by atoms with Gasteiger partial charge in [0.15, 0.2) is 0 Å². The van der Waals surface area contributed by atoms with E-state index in [9.17, 15) is 4.79 Å². The van der Waals surface area contributed by atoms with Gasteiger partial charge in [0.2, 0.25) is 0 Å². The molecule has 2 amide bonds. The van der Waals surface area contributed by atoms with Crippen LogP contribution in [0, 0.1) is 0 Å². The van der Waals surface area contributed by atoms with Crippen LogP contribution in [0.15, 0.2) is 0 Å². The van der Waals surface area contributed by atoms with Crippen molar-refractivity contribution in [2.24, 2.45) is 7.05 Å². The minimum absolute atomic E-state index is 0.00703. The number of urea groups is 1.